The number of rotatable bonds is 4. The van der Waals surface area contributed by atoms with Crippen LogP contribution < -0.4 is 0 Å². The molecule has 4 heteroatoms. The molecule has 1 aliphatic rings. The number of aliphatic hydroxyl groups excluding tert-OH is 1. The van der Waals surface area contributed by atoms with Crippen molar-refractivity contribution < 1.29 is 14.7 Å². The summed E-state index contributed by atoms with van der Waals surface area (Å²) < 4.78 is 0. The first-order valence-corrected chi connectivity index (χ1v) is 7.91. The molecule has 0 aliphatic carbocycles. The van der Waals surface area contributed by atoms with Gasteiger partial charge in [-0.25, -0.2) is 0 Å². The third-order valence-electron chi connectivity index (χ3n) is 4.23. The van der Waals surface area contributed by atoms with E-state index in [0.29, 0.717) is 13.0 Å². The molecule has 0 unspecified atom stereocenters. The molecule has 0 saturated carbocycles. The summed E-state index contributed by atoms with van der Waals surface area (Å²) in [4.78, 5) is 26.9. The van der Waals surface area contributed by atoms with Gasteiger partial charge in [-0.2, -0.15) is 0 Å². The topological polar surface area (TPSA) is 57.6 Å². The lowest BCUT2D eigenvalue weighted by molar-refractivity contribution is -0.127. The Hall–Kier alpha value is -2.88. The van der Waals surface area contributed by atoms with Gasteiger partial charge < -0.3 is 10.0 Å². The van der Waals surface area contributed by atoms with Gasteiger partial charge in [-0.15, -0.1) is 0 Å². The molecule has 1 N–H and O–H groups in total. The third kappa shape index (κ3) is 3.08. The number of hydrogen-bond donors (Lipinski definition) is 1. The average molecular weight is 321 g/mol. The molecule has 0 aromatic heterocycles. The van der Waals surface area contributed by atoms with Crippen LogP contribution in [0.3, 0.4) is 0 Å². The molecule has 1 saturated heterocycles. The van der Waals surface area contributed by atoms with E-state index in [4.69, 9.17) is 0 Å². The van der Waals surface area contributed by atoms with Crippen LogP contribution in [0, 0.1) is 0 Å². The Kier molecular flexibility index (Phi) is 4.47. The minimum atomic E-state index is -0.586. The van der Waals surface area contributed by atoms with Crippen molar-refractivity contribution in [3.8, 4) is 0 Å². The van der Waals surface area contributed by atoms with Gasteiger partial charge in [0.2, 0.25) is 0 Å². The summed E-state index contributed by atoms with van der Waals surface area (Å²) in [6.45, 7) is 1.73. The van der Waals surface area contributed by atoms with Gasteiger partial charge in [-0.1, -0.05) is 60.7 Å². The third-order valence-corrected chi connectivity index (χ3v) is 4.23. The maximum Gasteiger partial charge on any atom is 0.261 e. The molecule has 4 nitrogen and oxygen atoms in total. The lowest BCUT2D eigenvalue weighted by atomic mass is 10.0. The molecule has 1 heterocycles. The molecule has 0 spiro atoms. The molecule has 1 amide bonds. The predicted octanol–water partition coefficient (Wildman–Crippen LogP) is 3.04. The van der Waals surface area contributed by atoms with Crippen LogP contribution in [0.4, 0.5) is 0 Å². The predicted molar refractivity (Wildman–Crippen MR) is 91.3 cm³/mol. The van der Waals surface area contributed by atoms with Crippen LogP contribution in [0.25, 0.3) is 0 Å². The summed E-state index contributed by atoms with van der Waals surface area (Å²) in [7, 11) is 0. The van der Waals surface area contributed by atoms with Crippen molar-refractivity contribution in [1.29, 1.82) is 0 Å². The van der Waals surface area contributed by atoms with Crippen molar-refractivity contribution >= 4 is 11.7 Å². The summed E-state index contributed by atoms with van der Waals surface area (Å²) in [5, 5.41) is 9.77. The van der Waals surface area contributed by atoms with Gasteiger partial charge in [0.1, 0.15) is 17.4 Å². The van der Waals surface area contributed by atoms with Crippen molar-refractivity contribution in [3.63, 3.8) is 0 Å². The first kappa shape index (κ1) is 16.0. The monoisotopic (exact) mass is 321 g/mol. The zero-order chi connectivity index (χ0) is 17.1. The highest BCUT2D eigenvalue weighted by molar-refractivity contribution is 6.26. The Morgan fingerprint density at radius 2 is 1.50 bits per heavy atom. The second kappa shape index (κ2) is 6.71. The van der Waals surface area contributed by atoms with E-state index >= 15 is 0 Å². The van der Waals surface area contributed by atoms with Crippen molar-refractivity contribution in [2.45, 2.75) is 25.9 Å². The molecular formula is C20H19NO3. The highest BCUT2D eigenvalue weighted by atomic mass is 16.3. The highest BCUT2D eigenvalue weighted by Crippen LogP contribution is 2.27. The highest BCUT2D eigenvalue weighted by Gasteiger charge is 2.44. The fraction of sp³-hybridized carbons (Fsp3) is 0.200. The molecule has 24 heavy (non-hydrogen) atoms. The number of allylic oxidation sites excluding steroid dienone is 1. The second-order valence-electron chi connectivity index (χ2n) is 5.95. The zero-order valence-corrected chi connectivity index (χ0v) is 13.5. The molecule has 3 rings (SSSR count). The van der Waals surface area contributed by atoms with Crippen LogP contribution in [0.15, 0.2) is 72.0 Å². The van der Waals surface area contributed by atoms with Crippen LogP contribution in [0.1, 0.15) is 18.1 Å². The zero-order valence-electron chi connectivity index (χ0n) is 13.5. The standard InChI is InChI=1S/C20H19NO3/c1-14(22)18-19(23)17(12-15-8-4-2-5-9-15)21(20(18)24)13-16-10-6-3-7-11-16/h2-11,17,22H,12-13H2,1H3/b18-14+/t17-/m0/s1. The lowest BCUT2D eigenvalue weighted by Crippen LogP contribution is -2.36. The van der Waals surface area contributed by atoms with E-state index in [1.807, 2.05) is 60.7 Å². The van der Waals surface area contributed by atoms with E-state index in [1.165, 1.54) is 6.92 Å². The van der Waals surface area contributed by atoms with Gasteiger partial charge >= 0.3 is 0 Å². The number of likely N-dealkylation sites (tertiary alicyclic amines) is 1. The number of Topliss-reactive ketones (excluding diaryl/α,β-unsaturated/α-hetero) is 1. The fourth-order valence-electron chi connectivity index (χ4n) is 3.03. The van der Waals surface area contributed by atoms with Crippen LogP contribution in [0.2, 0.25) is 0 Å². The summed E-state index contributed by atoms with van der Waals surface area (Å²) in [6, 6.07) is 18.6. The number of amides is 1. The summed E-state index contributed by atoms with van der Waals surface area (Å²) in [6.07, 6.45) is 0.440. The average Bonchev–Trinajstić information content (AvgIpc) is 2.81. The Bertz CT molecular complexity index is 716. The Balaban J connectivity index is 1.94. The van der Waals surface area contributed by atoms with Gasteiger partial charge in [0.05, 0.1) is 0 Å². The molecular weight excluding hydrogens is 302 g/mol. The van der Waals surface area contributed by atoms with E-state index in [0.717, 1.165) is 11.1 Å². The van der Waals surface area contributed by atoms with Crippen molar-refractivity contribution in [2.75, 3.05) is 0 Å². The van der Waals surface area contributed by atoms with Crippen molar-refractivity contribution in [1.82, 2.24) is 4.90 Å². The minimum absolute atomic E-state index is 0.0909. The van der Waals surface area contributed by atoms with Crippen LogP contribution >= 0.6 is 0 Å². The maximum atomic E-state index is 12.7. The fourth-order valence-corrected chi connectivity index (χ4v) is 3.03. The van der Waals surface area contributed by atoms with Crippen LogP contribution in [0.5, 0.6) is 0 Å². The van der Waals surface area contributed by atoms with Crippen LogP contribution in [-0.2, 0) is 22.6 Å². The molecule has 0 bridgehead atoms. The molecule has 1 fully saturated rings. The lowest BCUT2D eigenvalue weighted by Gasteiger charge is -2.23. The summed E-state index contributed by atoms with van der Waals surface area (Å²) >= 11 is 0. The van der Waals surface area contributed by atoms with E-state index in [-0.39, 0.29) is 17.1 Å². The quantitative estimate of drug-likeness (QED) is 0.535. The normalized spacial score (nSPS) is 19.7. The molecule has 2 aromatic rings. The van der Waals surface area contributed by atoms with Gasteiger partial charge in [-0.05, 0) is 18.1 Å². The minimum Gasteiger partial charge on any atom is -0.512 e. The van der Waals surface area contributed by atoms with Gasteiger partial charge in [-0.3, -0.25) is 9.59 Å². The Labute approximate surface area is 141 Å². The van der Waals surface area contributed by atoms with E-state index in [2.05, 4.69) is 0 Å². The SMILES string of the molecule is C/C(O)=C1/C(=O)[C@H](Cc2ccccc2)N(Cc2ccccc2)C1=O. The second-order valence-corrected chi connectivity index (χ2v) is 5.95. The van der Waals surface area contributed by atoms with Gasteiger partial charge in [0.25, 0.3) is 5.91 Å². The molecule has 1 atom stereocenters. The van der Waals surface area contributed by atoms with Gasteiger partial charge in [0.15, 0.2) is 5.78 Å². The maximum absolute atomic E-state index is 12.7. The Morgan fingerprint density at radius 3 is 2.04 bits per heavy atom. The first-order chi connectivity index (χ1) is 11.6. The smallest absolute Gasteiger partial charge is 0.261 e. The molecule has 2 aromatic carbocycles. The number of hydrogen-bond acceptors (Lipinski definition) is 3. The van der Waals surface area contributed by atoms with E-state index < -0.39 is 11.9 Å². The van der Waals surface area contributed by atoms with Crippen molar-refractivity contribution in [3.05, 3.63) is 83.1 Å². The van der Waals surface area contributed by atoms with Gasteiger partial charge in [0, 0.05) is 13.0 Å². The van der Waals surface area contributed by atoms with E-state index in [9.17, 15) is 14.7 Å². The van der Waals surface area contributed by atoms with E-state index in [1.54, 1.807) is 4.90 Å². The molecule has 1 aliphatic heterocycles. The first-order valence-electron chi connectivity index (χ1n) is 7.91. The number of benzene rings is 2. The van der Waals surface area contributed by atoms with Crippen molar-refractivity contribution in [2.24, 2.45) is 0 Å². The number of aliphatic hydroxyl groups is 1. The number of carbonyl (C=O) groups is 2. The number of carbonyl (C=O) groups excluding carboxylic acids is 2. The number of nitrogens with zero attached hydrogens (tertiary/aromatic N) is 1. The Morgan fingerprint density at radius 1 is 0.958 bits per heavy atom. The molecule has 0 radical (unpaired) electrons. The molecule has 122 valence electrons. The van der Waals surface area contributed by atoms with Crippen LogP contribution in [-0.4, -0.2) is 27.7 Å². The largest absolute Gasteiger partial charge is 0.512 e. The summed E-state index contributed by atoms with van der Waals surface area (Å²) in [5.74, 6) is -0.914. The summed E-state index contributed by atoms with van der Waals surface area (Å²) in [5.41, 5.74) is 1.85. The number of ketones is 1.